The molecule has 0 spiro atoms. The van der Waals surface area contributed by atoms with Crippen LogP contribution < -0.4 is 4.74 Å². The van der Waals surface area contributed by atoms with Gasteiger partial charge in [-0.1, -0.05) is 0 Å². The third-order valence-corrected chi connectivity index (χ3v) is 1.82. The normalized spacial score (nSPS) is 9.62. The second kappa shape index (κ2) is 5.11. The minimum Gasteiger partial charge on any atom is -0.481 e. The van der Waals surface area contributed by atoms with Crippen molar-refractivity contribution in [3.05, 3.63) is 24.0 Å². The van der Waals surface area contributed by atoms with Crippen LogP contribution in [0.3, 0.4) is 0 Å². The van der Waals surface area contributed by atoms with Gasteiger partial charge in [0.2, 0.25) is 0 Å². The average Bonchev–Trinajstić information content (AvgIpc) is 2.25. The Morgan fingerprint density at radius 3 is 2.75 bits per heavy atom. The predicted molar refractivity (Wildman–Crippen MR) is 55.4 cm³/mol. The van der Waals surface area contributed by atoms with Gasteiger partial charge in [0.1, 0.15) is 0 Å². The van der Waals surface area contributed by atoms with Gasteiger partial charge in [-0.15, -0.1) is 0 Å². The standard InChI is InChI=1S/C10H12N2O4/c1-12(2)8(13)6-16-7-4-3-5-11-9(7)10(14)15/h3-5H,6H2,1-2H3,(H,14,15). The average molecular weight is 224 g/mol. The number of aromatic nitrogens is 1. The molecule has 1 heterocycles. The lowest BCUT2D eigenvalue weighted by Gasteiger charge is -2.11. The molecule has 16 heavy (non-hydrogen) atoms. The molecule has 0 aliphatic carbocycles. The Bertz CT molecular complexity index is 404. The van der Waals surface area contributed by atoms with Gasteiger partial charge in [0.05, 0.1) is 0 Å². The van der Waals surface area contributed by atoms with Crippen LogP contribution in [0.2, 0.25) is 0 Å². The number of hydrogen-bond donors (Lipinski definition) is 1. The van der Waals surface area contributed by atoms with Crippen molar-refractivity contribution in [3.8, 4) is 5.75 Å². The maximum absolute atomic E-state index is 11.2. The second-order valence-electron chi connectivity index (χ2n) is 3.23. The highest BCUT2D eigenvalue weighted by molar-refractivity contribution is 5.88. The van der Waals surface area contributed by atoms with E-state index >= 15 is 0 Å². The summed E-state index contributed by atoms with van der Waals surface area (Å²) in [5, 5.41) is 8.80. The SMILES string of the molecule is CN(C)C(=O)COc1cccnc1C(=O)O. The number of likely N-dealkylation sites (N-methyl/N-ethyl adjacent to an activating group) is 1. The van der Waals surface area contributed by atoms with Crippen LogP contribution in [0.15, 0.2) is 18.3 Å². The number of carbonyl (C=O) groups is 2. The van der Waals surface area contributed by atoms with E-state index in [0.29, 0.717) is 0 Å². The van der Waals surface area contributed by atoms with E-state index in [-0.39, 0.29) is 24.0 Å². The molecule has 6 nitrogen and oxygen atoms in total. The first kappa shape index (κ1) is 12.0. The third-order valence-electron chi connectivity index (χ3n) is 1.82. The molecule has 0 unspecified atom stereocenters. The van der Waals surface area contributed by atoms with Crippen LogP contribution in [0.4, 0.5) is 0 Å². The maximum Gasteiger partial charge on any atom is 0.358 e. The summed E-state index contributed by atoms with van der Waals surface area (Å²) in [4.78, 5) is 27.0. The van der Waals surface area contributed by atoms with Crippen LogP contribution in [0, 0.1) is 0 Å². The van der Waals surface area contributed by atoms with E-state index in [2.05, 4.69) is 4.98 Å². The van der Waals surface area contributed by atoms with Crippen molar-refractivity contribution in [2.75, 3.05) is 20.7 Å². The largest absolute Gasteiger partial charge is 0.481 e. The number of aromatic carboxylic acids is 1. The fraction of sp³-hybridized carbons (Fsp3) is 0.300. The summed E-state index contributed by atoms with van der Waals surface area (Å²) < 4.78 is 5.09. The minimum atomic E-state index is -1.19. The number of amides is 1. The van der Waals surface area contributed by atoms with Gasteiger partial charge in [-0.2, -0.15) is 0 Å². The monoisotopic (exact) mass is 224 g/mol. The summed E-state index contributed by atoms with van der Waals surface area (Å²) in [5.41, 5.74) is -0.200. The first-order chi connectivity index (χ1) is 7.52. The van der Waals surface area contributed by atoms with Gasteiger partial charge in [-0.05, 0) is 12.1 Å². The maximum atomic E-state index is 11.2. The quantitative estimate of drug-likeness (QED) is 0.792. The van der Waals surface area contributed by atoms with E-state index in [1.807, 2.05) is 0 Å². The van der Waals surface area contributed by atoms with Crippen molar-refractivity contribution in [2.45, 2.75) is 0 Å². The number of pyridine rings is 1. The van der Waals surface area contributed by atoms with E-state index in [1.54, 1.807) is 20.2 Å². The number of rotatable bonds is 4. The molecule has 0 bridgehead atoms. The molecule has 0 aromatic carbocycles. The Morgan fingerprint density at radius 2 is 2.19 bits per heavy atom. The fourth-order valence-electron chi connectivity index (χ4n) is 0.936. The zero-order valence-corrected chi connectivity index (χ0v) is 9.01. The molecule has 1 amide bonds. The summed E-state index contributed by atoms with van der Waals surface area (Å²) in [5.74, 6) is -1.35. The van der Waals surface area contributed by atoms with E-state index in [0.717, 1.165) is 0 Å². The van der Waals surface area contributed by atoms with E-state index in [1.165, 1.54) is 17.2 Å². The molecule has 1 rings (SSSR count). The fourth-order valence-corrected chi connectivity index (χ4v) is 0.936. The zero-order valence-electron chi connectivity index (χ0n) is 9.01. The summed E-state index contributed by atoms with van der Waals surface area (Å²) >= 11 is 0. The van der Waals surface area contributed by atoms with Gasteiger partial charge in [0.15, 0.2) is 18.1 Å². The summed E-state index contributed by atoms with van der Waals surface area (Å²) in [6.45, 7) is -0.209. The van der Waals surface area contributed by atoms with Gasteiger partial charge < -0.3 is 14.7 Å². The van der Waals surface area contributed by atoms with Crippen LogP contribution in [0.5, 0.6) is 5.75 Å². The van der Waals surface area contributed by atoms with Crippen LogP contribution in [0.1, 0.15) is 10.5 Å². The Morgan fingerprint density at radius 1 is 1.50 bits per heavy atom. The van der Waals surface area contributed by atoms with Gasteiger partial charge in [0.25, 0.3) is 5.91 Å². The highest BCUT2D eigenvalue weighted by atomic mass is 16.5. The summed E-state index contributed by atoms with van der Waals surface area (Å²) in [6.07, 6.45) is 1.35. The number of carboxylic acids is 1. The van der Waals surface area contributed by atoms with Crippen molar-refractivity contribution in [3.63, 3.8) is 0 Å². The molecule has 1 aromatic rings. The molecule has 0 aliphatic rings. The van der Waals surface area contributed by atoms with E-state index in [4.69, 9.17) is 9.84 Å². The summed E-state index contributed by atoms with van der Waals surface area (Å²) in [7, 11) is 3.18. The van der Waals surface area contributed by atoms with Gasteiger partial charge in [0, 0.05) is 20.3 Å². The highest BCUT2D eigenvalue weighted by Gasteiger charge is 2.13. The topological polar surface area (TPSA) is 79.7 Å². The Kier molecular flexibility index (Phi) is 3.82. The number of carboxylic acid groups (broad SMARTS) is 1. The van der Waals surface area contributed by atoms with E-state index in [9.17, 15) is 9.59 Å². The van der Waals surface area contributed by atoms with Crippen molar-refractivity contribution < 1.29 is 19.4 Å². The lowest BCUT2D eigenvalue weighted by atomic mass is 10.3. The van der Waals surface area contributed by atoms with Crippen molar-refractivity contribution in [1.82, 2.24) is 9.88 Å². The molecule has 0 saturated carbocycles. The van der Waals surface area contributed by atoms with Gasteiger partial charge >= 0.3 is 5.97 Å². The Hall–Kier alpha value is -2.11. The molecule has 86 valence electrons. The molecular formula is C10H12N2O4. The van der Waals surface area contributed by atoms with Crippen molar-refractivity contribution in [1.29, 1.82) is 0 Å². The molecule has 0 radical (unpaired) electrons. The molecule has 0 aliphatic heterocycles. The Labute approximate surface area is 92.5 Å². The van der Waals surface area contributed by atoms with Gasteiger partial charge in [-0.3, -0.25) is 4.79 Å². The first-order valence-corrected chi connectivity index (χ1v) is 4.53. The number of hydrogen-bond acceptors (Lipinski definition) is 4. The third kappa shape index (κ3) is 2.94. The molecule has 1 aromatic heterocycles. The van der Waals surface area contributed by atoms with Crippen LogP contribution in [0.25, 0.3) is 0 Å². The summed E-state index contributed by atoms with van der Waals surface area (Å²) in [6, 6.07) is 3.00. The molecule has 0 fully saturated rings. The Balaban J connectivity index is 2.74. The van der Waals surface area contributed by atoms with Crippen LogP contribution in [-0.4, -0.2) is 47.6 Å². The van der Waals surface area contributed by atoms with Gasteiger partial charge in [-0.25, -0.2) is 9.78 Å². The second-order valence-corrected chi connectivity index (χ2v) is 3.23. The predicted octanol–water partition coefficient (Wildman–Crippen LogP) is 0.247. The number of nitrogens with zero attached hydrogens (tertiary/aromatic N) is 2. The highest BCUT2D eigenvalue weighted by Crippen LogP contribution is 2.14. The molecular weight excluding hydrogens is 212 g/mol. The lowest BCUT2D eigenvalue weighted by Crippen LogP contribution is -2.27. The van der Waals surface area contributed by atoms with Crippen molar-refractivity contribution in [2.24, 2.45) is 0 Å². The first-order valence-electron chi connectivity index (χ1n) is 4.53. The lowest BCUT2D eigenvalue weighted by molar-refractivity contribution is -0.130. The molecule has 1 N–H and O–H groups in total. The van der Waals surface area contributed by atoms with Crippen molar-refractivity contribution >= 4 is 11.9 Å². The molecule has 6 heteroatoms. The van der Waals surface area contributed by atoms with Crippen LogP contribution >= 0.6 is 0 Å². The number of carbonyl (C=O) groups excluding carboxylic acids is 1. The minimum absolute atomic E-state index is 0.0881. The molecule has 0 atom stereocenters. The zero-order chi connectivity index (χ0) is 12.1. The van der Waals surface area contributed by atoms with Crippen LogP contribution in [-0.2, 0) is 4.79 Å². The number of ether oxygens (including phenoxy) is 1. The molecule has 0 saturated heterocycles. The smallest absolute Gasteiger partial charge is 0.358 e. The van der Waals surface area contributed by atoms with E-state index < -0.39 is 5.97 Å².